The van der Waals surface area contributed by atoms with Gasteiger partial charge in [-0.3, -0.25) is 10.1 Å². The van der Waals surface area contributed by atoms with Crippen LogP contribution >= 0.6 is 0 Å². The maximum absolute atomic E-state index is 13.7. The average Bonchev–Trinajstić information content (AvgIpc) is 3.29. The number of carbonyl (C=O) groups excluding carboxylic acids is 1. The van der Waals surface area contributed by atoms with Crippen molar-refractivity contribution < 1.29 is 22.8 Å². The molecule has 1 N–H and O–H groups in total. The first kappa shape index (κ1) is 16.8. The molecule has 0 spiro atoms. The number of aromatic nitrogens is 2. The summed E-state index contributed by atoms with van der Waals surface area (Å²) >= 11 is 0. The number of amides is 1. The number of carbonyl (C=O) groups is 1. The molecule has 0 unspecified atom stereocenters. The second-order valence-electron chi connectivity index (χ2n) is 5.56. The normalized spacial score (nSPS) is 10.9. The van der Waals surface area contributed by atoms with Gasteiger partial charge in [-0.1, -0.05) is 29.4 Å². The van der Waals surface area contributed by atoms with Gasteiger partial charge in [0.25, 0.3) is 11.8 Å². The van der Waals surface area contributed by atoms with Crippen LogP contribution in [-0.2, 0) is 0 Å². The first-order chi connectivity index (χ1) is 13.2. The van der Waals surface area contributed by atoms with Crippen molar-refractivity contribution in [1.29, 1.82) is 0 Å². The van der Waals surface area contributed by atoms with E-state index in [1.807, 2.05) is 19.1 Å². The Morgan fingerprint density at radius 2 is 2.00 bits per heavy atom. The predicted molar refractivity (Wildman–Crippen MR) is 95.0 cm³/mol. The quantitative estimate of drug-likeness (QED) is 0.566. The number of nitrogens with zero attached hydrogens (tertiary/aromatic N) is 2. The summed E-state index contributed by atoms with van der Waals surface area (Å²) in [4.78, 5) is 12.1. The van der Waals surface area contributed by atoms with E-state index in [9.17, 15) is 9.18 Å². The van der Waals surface area contributed by atoms with Crippen LogP contribution in [0.2, 0.25) is 0 Å². The predicted octanol–water partition coefficient (Wildman–Crippen LogP) is 4.27. The van der Waals surface area contributed by atoms with Crippen molar-refractivity contribution in [3.05, 3.63) is 59.9 Å². The minimum Gasteiger partial charge on any atom is -0.490 e. The molecule has 136 valence electrons. The van der Waals surface area contributed by atoms with Gasteiger partial charge in [0.2, 0.25) is 0 Å². The minimum atomic E-state index is -0.688. The maximum Gasteiger partial charge on any atom is 0.322 e. The molecule has 0 saturated heterocycles. The van der Waals surface area contributed by atoms with Crippen LogP contribution in [0.25, 0.3) is 22.6 Å². The van der Waals surface area contributed by atoms with Crippen LogP contribution in [0.3, 0.4) is 0 Å². The zero-order chi connectivity index (χ0) is 18.8. The highest BCUT2D eigenvalue weighted by atomic mass is 19.1. The highest BCUT2D eigenvalue weighted by molar-refractivity contribution is 6.03. The van der Waals surface area contributed by atoms with E-state index in [-0.39, 0.29) is 17.5 Å². The third-order valence-electron chi connectivity index (χ3n) is 3.78. The number of nitrogens with one attached hydrogen (secondary N) is 1. The highest BCUT2D eigenvalue weighted by Gasteiger charge is 2.18. The Balaban J connectivity index is 1.59. The summed E-state index contributed by atoms with van der Waals surface area (Å²) in [5, 5.41) is 10.8. The Hall–Kier alpha value is -3.68. The van der Waals surface area contributed by atoms with Gasteiger partial charge in [0, 0.05) is 5.39 Å². The number of ether oxygens (including phenoxy) is 1. The lowest BCUT2D eigenvalue weighted by Crippen LogP contribution is -2.13. The fourth-order valence-electron chi connectivity index (χ4n) is 2.59. The number of fused-ring (bicyclic) bond motifs is 1. The van der Waals surface area contributed by atoms with E-state index in [1.54, 1.807) is 18.2 Å². The van der Waals surface area contributed by atoms with Crippen molar-refractivity contribution in [2.45, 2.75) is 6.92 Å². The third kappa shape index (κ3) is 3.24. The maximum atomic E-state index is 13.7. The summed E-state index contributed by atoms with van der Waals surface area (Å²) in [6.07, 6.45) is 0. The van der Waals surface area contributed by atoms with Crippen LogP contribution in [0, 0.1) is 5.82 Å². The van der Waals surface area contributed by atoms with Crippen molar-refractivity contribution in [1.82, 2.24) is 10.2 Å². The molecule has 0 bridgehead atoms. The minimum absolute atomic E-state index is 0.0810. The van der Waals surface area contributed by atoms with Gasteiger partial charge >= 0.3 is 6.01 Å². The second-order valence-corrected chi connectivity index (χ2v) is 5.56. The summed E-state index contributed by atoms with van der Waals surface area (Å²) in [6.45, 7) is 2.38. The van der Waals surface area contributed by atoms with Crippen molar-refractivity contribution >= 4 is 22.9 Å². The van der Waals surface area contributed by atoms with Crippen LogP contribution in [-0.4, -0.2) is 22.7 Å². The zero-order valence-electron chi connectivity index (χ0n) is 14.2. The van der Waals surface area contributed by atoms with Crippen molar-refractivity contribution in [3.8, 4) is 17.4 Å². The fraction of sp³-hybridized carbons (Fsp3) is 0.105. The largest absolute Gasteiger partial charge is 0.490 e. The first-order valence-corrected chi connectivity index (χ1v) is 8.21. The Bertz CT molecular complexity index is 1120. The van der Waals surface area contributed by atoms with Gasteiger partial charge in [0.1, 0.15) is 5.82 Å². The summed E-state index contributed by atoms with van der Waals surface area (Å²) in [5.74, 6) is -0.315. The molecule has 27 heavy (non-hydrogen) atoms. The van der Waals surface area contributed by atoms with Crippen LogP contribution in [0.4, 0.5) is 10.4 Å². The molecule has 8 heteroatoms. The Morgan fingerprint density at radius 3 is 2.81 bits per heavy atom. The van der Waals surface area contributed by atoms with Crippen LogP contribution in [0.5, 0.6) is 5.75 Å². The smallest absolute Gasteiger partial charge is 0.322 e. The summed E-state index contributed by atoms with van der Waals surface area (Å²) in [5.41, 5.74) is 0.437. The van der Waals surface area contributed by atoms with E-state index in [0.717, 1.165) is 5.39 Å². The lowest BCUT2D eigenvalue weighted by Gasteiger charge is -2.02. The molecule has 2 heterocycles. The molecule has 7 nitrogen and oxygen atoms in total. The van der Waals surface area contributed by atoms with Crippen LogP contribution in [0.1, 0.15) is 17.3 Å². The van der Waals surface area contributed by atoms with E-state index in [0.29, 0.717) is 23.7 Å². The topological polar surface area (TPSA) is 90.4 Å². The van der Waals surface area contributed by atoms with Gasteiger partial charge in [-0.2, -0.15) is 0 Å². The number of halogens is 1. The summed E-state index contributed by atoms with van der Waals surface area (Å²) in [7, 11) is 0. The van der Waals surface area contributed by atoms with Crippen molar-refractivity contribution in [2.24, 2.45) is 0 Å². The van der Waals surface area contributed by atoms with Gasteiger partial charge in [-0.25, -0.2) is 4.39 Å². The Labute approximate surface area is 152 Å². The van der Waals surface area contributed by atoms with E-state index in [1.165, 1.54) is 18.2 Å². The number of hydrogen-bond donors (Lipinski definition) is 1. The number of rotatable bonds is 5. The standard InChI is InChI=1S/C19H14FN3O4/c1-2-25-14-9-5-6-11-10-15(26-16(11)14)18-22-23-19(27-18)21-17(24)12-7-3-4-8-13(12)20/h3-10H,2H2,1H3,(H,21,23,24). The number of hydrogen-bond acceptors (Lipinski definition) is 6. The zero-order valence-corrected chi connectivity index (χ0v) is 14.2. The number of anilines is 1. The molecule has 0 saturated carbocycles. The van der Waals surface area contributed by atoms with Crippen LogP contribution < -0.4 is 10.1 Å². The van der Waals surface area contributed by atoms with E-state index in [4.69, 9.17) is 13.6 Å². The number of furan rings is 1. The summed E-state index contributed by atoms with van der Waals surface area (Å²) in [6, 6.07) is 12.7. The van der Waals surface area contributed by atoms with Gasteiger partial charge in [0.05, 0.1) is 12.2 Å². The molecule has 0 aliphatic heterocycles. The monoisotopic (exact) mass is 367 g/mol. The molecule has 2 aromatic carbocycles. The van der Waals surface area contributed by atoms with Crippen molar-refractivity contribution in [3.63, 3.8) is 0 Å². The molecule has 0 atom stereocenters. The Morgan fingerprint density at radius 1 is 1.15 bits per heavy atom. The molecule has 2 aromatic heterocycles. The van der Waals surface area contributed by atoms with Gasteiger partial charge in [0.15, 0.2) is 17.1 Å². The molecule has 4 aromatic rings. The average molecular weight is 367 g/mol. The Kier molecular flexibility index (Phi) is 4.29. The molecule has 0 aliphatic carbocycles. The van der Waals surface area contributed by atoms with Gasteiger partial charge in [-0.05, 0) is 31.2 Å². The van der Waals surface area contributed by atoms with Gasteiger partial charge in [-0.15, -0.1) is 5.10 Å². The molecule has 4 rings (SSSR count). The first-order valence-electron chi connectivity index (χ1n) is 8.21. The molecular weight excluding hydrogens is 353 g/mol. The lowest BCUT2D eigenvalue weighted by molar-refractivity contribution is 0.102. The number of para-hydroxylation sites is 1. The number of benzene rings is 2. The molecule has 0 radical (unpaired) electrons. The second kappa shape index (κ2) is 6.91. The van der Waals surface area contributed by atoms with Gasteiger partial charge < -0.3 is 13.6 Å². The molecule has 0 fully saturated rings. The molecule has 1 amide bonds. The van der Waals surface area contributed by atoms with E-state index < -0.39 is 11.7 Å². The summed E-state index contributed by atoms with van der Waals surface area (Å²) < 4.78 is 30.4. The van der Waals surface area contributed by atoms with E-state index in [2.05, 4.69) is 15.5 Å². The fourth-order valence-corrected chi connectivity index (χ4v) is 2.59. The lowest BCUT2D eigenvalue weighted by atomic mass is 10.2. The molecule has 0 aliphatic rings. The third-order valence-corrected chi connectivity index (χ3v) is 3.78. The highest BCUT2D eigenvalue weighted by Crippen LogP contribution is 2.33. The van der Waals surface area contributed by atoms with Crippen molar-refractivity contribution in [2.75, 3.05) is 11.9 Å². The van der Waals surface area contributed by atoms with E-state index >= 15 is 0 Å². The SMILES string of the molecule is CCOc1cccc2cc(-c3nnc(NC(=O)c4ccccc4F)o3)oc12. The van der Waals surface area contributed by atoms with Crippen LogP contribution in [0.15, 0.2) is 57.4 Å². The molecular formula is C19H14FN3O4.